The fraction of sp³-hybridized carbons (Fsp3) is 0.393. The van der Waals surface area contributed by atoms with Gasteiger partial charge in [-0.25, -0.2) is 75.7 Å². The predicted molar refractivity (Wildman–Crippen MR) is 570 cm³/mol. The number of H-pyrrole nitrogens is 1. The SMILES string of the molecule is CC(C)COc1cc(F)cc(-c2ccc(C(=O)NS(=O)(=O)c3cccc(N)n3)c(N3CCC(C)CC3(C)C)n2)c1.CC1CN(c2ncccc2C(=O)NS(=O)(=O)c2cccc(N3Cc4ccc(F)cc4C3)n2)C(C)(C)C1.COc1ccc(CNc2cccc(S(=O)(=O)NC(=O)c3cccnc3N3CC(C)CC3(C)C)n2)cc1.C[C@@H]1CN(c2nc(-n3ccc(OCC(C)(C)C)n3)ccc2C(=O)NS(=O)(=O)c2ccc[nH]c2=O)C(C)(C)C1. The molecule has 0 saturated carbocycles. The second-order valence-corrected chi connectivity index (χ2v) is 49.2. The zero-order chi connectivity index (χ0) is 109. The first kappa shape index (κ1) is 111. The number of nitrogens with one attached hydrogen (secondary N) is 6. The van der Waals surface area contributed by atoms with Gasteiger partial charge in [-0.15, -0.1) is 5.10 Å². The Bertz CT molecular complexity index is 7560. The highest BCUT2D eigenvalue weighted by Gasteiger charge is 2.45. The Morgan fingerprint density at radius 3 is 1.55 bits per heavy atom. The smallest absolute Gasteiger partial charge is 0.281 e. The Morgan fingerprint density at radius 2 is 1.01 bits per heavy atom. The fourth-order valence-electron chi connectivity index (χ4n) is 19.3. The number of ether oxygens (including phenoxy) is 3. The number of nitrogens with two attached hydrogens (primary N) is 1. The van der Waals surface area contributed by atoms with Crippen LogP contribution in [-0.2, 0) is 59.7 Å². The molecular formula is C107H129F2N21O16S4. The first-order chi connectivity index (χ1) is 70.5. The van der Waals surface area contributed by atoms with E-state index in [1.807, 2.05) is 57.5 Å². The Balaban J connectivity index is 0.000000158. The van der Waals surface area contributed by atoms with E-state index in [2.05, 4.69) is 168 Å². The minimum Gasteiger partial charge on any atom is -0.497 e. The lowest BCUT2D eigenvalue weighted by Crippen LogP contribution is -2.51. The molecule has 0 spiro atoms. The molecule has 4 fully saturated rings. The van der Waals surface area contributed by atoms with E-state index in [-0.39, 0.29) is 82.5 Å². The number of hydrogen-bond acceptors (Lipinski definition) is 31. The van der Waals surface area contributed by atoms with Gasteiger partial charge in [0, 0.05) is 110 Å². The molecule has 5 aliphatic heterocycles. The molecule has 37 nitrogen and oxygen atoms in total. The number of aromatic amines is 1. The van der Waals surface area contributed by atoms with Crippen molar-refractivity contribution in [3.8, 4) is 34.5 Å². The van der Waals surface area contributed by atoms with Gasteiger partial charge in [-0.05, 0) is 273 Å². The summed E-state index contributed by atoms with van der Waals surface area (Å²) in [5, 5.41) is 6.69. The van der Waals surface area contributed by atoms with Crippen LogP contribution in [-0.4, -0.2) is 176 Å². The van der Waals surface area contributed by atoms with Crippen LogP contribution in [0.3, 0.4) is 0 Å². The summed E-state index contributed by atoms with van der Waals surface area (Å²) in [6.45, 7) is 40.3. The summed E-state index contributed by atoms with van der Waals surface area (Å²) in [6.07, 6.45) is 10.7. The lowest BCUT2D eigenvalue weighted by atomic mass is 9.83. The van der Waals surface area contributed by atoms with Crippen molar-refractivity contribution in [2.24, 2.45) is 35.0 Å². The zero-order valence-electron chi connectivity index (χ0n) is 87.2. The molecule has 0 aliphatic carbocycles. The van der Waals surface area contributed by atoms with Crippen LogP contribution < -0.4 is 74.2 Å². The van der Waals surface area contributed by atoms with Crippen LogP contribution in [0.4, 0.5) is 49.5 Å². The van der Waals surface area contributed by atoms with Crippen molar-refractivity contribution in [2.45, 2.75) is 212 Å². The van der Waals surface area contributed by atoms with Crippen LogP contribution in [0.5, 0.6) is 17.4 Å². The molecule has 3 aromatic carbocycles. The van der Waals surface area contributed by atoms with Crippen molar-refractivity contribution >= 4 is 104 Å². The highest BCUT2D eigenvalue weighted by atomic mass is 32.2. The quantitative estimate of drug-likeness (QED) is 0.0239. The number of fused-ring (bicyclic) bond motifs is 1. The van der Waals surface area contributed by atoms with Gasteiger partial charge in [-0.1, -0.05) is 98.7 Å². The van der Waals surface area contributed by atoms with Crippen LogP contribution in [0, 0.1) is 46.6 Å². The molecule has 4 atom stereocenters. The summed E-state index contributed by atoms with van der Waals surface area (Å²) < 4.78 is 159. The molecule has 43 heteroatoms. The molecule has 5 aliphatic rings. The number of sulfonamides is 4. The minimum atomic E-state index is -4.42. The third-order valence-corrected chi connectivity index (χ3v) is 31.0. The van der Waals surface area contributed by atoms with Gasteiger partial charge < -0.3 is 54.7 Å². The van der Waals surface area contributed by atoms with Crippen molar-refractivity contribution in [1.82, 2.24) is 68.5 Å². The fourth-order valence-corrected chi connectivity index (χ4v) is 23.2. The van der Waals surface area contributed by atoms with Crippen molar-refractivity contribution in [2.75, 3.05) is 82.1 Å². The minimum absolute atomic E-state index is 0.0121. The molecule has 14 heterocycles. The number of pyridine rings is 8. The molecule has 8 N–H and O–H groups in total. The maximum Gasteiger partial charge on any atom is 0.281 e. The summed E-state index contributed by atoms with van der Waals surface area (Å²) in [6, 6.07) is 46.7. The molecule has 796 valence electrons. The number of halogens is 2. The van der Waals surface area contributed by atoms with E-state index in [9.17, 15) is 66.4 Å². The molecule has 150 heavy (non-hydrogen) atoms. The van der Waals surface area contributed by atoms with Crippen molar-refractivity contribution in [3.05, 3.63) is 268 Å². The largest absolute Gasteiger partial charge is 0.497 e. The van der Waals surface area contributed by atoms with Gasteiger partial charge in [0.2, 0.25) is 5.88 Å². The van der Waals surface area contributed by atoms with E-state index in [1.165, 1.54) is 79.0 Å². The highest BCUT2D eigenvalue weighted by Crippen LogP contribution is 2.44. The van der Waals surface area contributed by atoms with E-state index < -0.39 is 80.0 Å². The number of nitrogens with zero attached hydrogens (tertiary/aromatic N) is 14. The number of hydrogen-bond donors (Lipinski definition) is 7. The standard InChI is InChI=1S/C29H36FN5O4S.C26H28FN5O3S.C26H34N6O5S.C26H31N5O4S/c1-18(2)17-39-22-14-20(13-21(30)15-22)24-10-9-23(27(32-24)35-12-11-19(3)16-29(35,4)5)28(36)34-40(37,38)26-8-6-7-25(31)33-26;1-17-13-26(2,3)32(14-17)24-21(6-5-11-28-24)25(33)30-36(34,35)23-8-4-7-22(29-23)31-15-18-9-10-20(27)12-19(18)16-31;1-17-14-26(5,6)31(15-17)22-18(23(33)30-38(35,36)19-8-7-12-27-24(19)34)9-10-20(28-22)32-13-11-21(29-32)37-16-25(2,3)4;1-18-15-26(2,3)31(17-18)24-21(7-6-14-27-24)25(32)30-36(33,34)23-9-5-8-22(29-23)28-16-19-10-12-20(35-4)13-11-19/h6-10,13-15,18-19H,11-12,16-17H2,1-5H3,(H2,31,33)(H,34,36);4-12,17H,13-16H2,1-3H3,(H,30,33);7-13,17H,14-16H2,1-6H3,(H,27,34)(H,30,33);5-14,18H,15-17H2,1-4H3,(H,28,29)(H,30,32)/t;;17-;/m..0./s1. The predicted octanol–water partition coefficient (Wildman–Crippen LogP) is 15.9. The molecule has 0 bridgehead atoms. The summed E-state index contributed by atoms with van der Waals surface area (Å²) in [7, 11) is -15.6. The number of benzene rings is 3. The summed E-state index contributed by atoms with van der Waals surface area (Å²) in [5.74, 6) is 2.28. The highest BCUT2D eigenvalue weighted by molar-refractivity contribution is 7.91. The Hall–Kier alpha value is -14.6. The van der Waals surface area contributed by atoms with Crippen LogP contribution in [0.25, 0.3) is 17.1 Å². The first-order valence-electron chi connectivity index (χ1n) is 49.2. The van der Waals surface area contributed by atoms with Crippen LogP contribution >= 0.6 is 0 Å². The number of carbonyl (C=O) groups excluding carboxylic acids is 4. The van der Waals surface area contributed by atoms with Crippen LogP contribution in [0.1, 0.15) is 208 Å². The Labute approximate surface area is 874 Å². The van der Waals surface area contributed by atoms with E-state index in [0.717, 1.165) is 73.7 Å². The normalized spacial score (nSPS) is 17.6. The van der Waals surface area contributed by atoms with Crippen molar-refractivity contribution < 1.29 is 75.8 Å². The van der Waals surface area contributed by atoms with E-state index in [4.69, 9.17) is 29.9 Å². The molecule has 17 rings (SSSR count). The second-order valence-electron chi connectivity index (χ2n) is 42.6. The lowest BCUT2D eigenvalue weighted by molar-refractivity contribution is 0.0972. The molecule has 12 aromatic rings. The van der Waals surface area contributed by atoms with Gasteiger partial charge in [0.1, 0.15) is 63.9 Å². The maximum atomic E-state index is 14.6. The number of methoxy groups -OCH3 is 1. The van der Waals surface area contributed by atoms with Gasteiger partial charge in [0.15, 0.2) is 25.8 Å². The molecule has 9 aromatic heterocycles. The van der Waals surface area contributed by atoms with Gasteiger partial charge >= 0.3 is 0 Å². The Kier molecular flexibility index (Phi) is 33.4. The topological polar surface area (TPSA) is 476 Å². The molecular weight excluding hydrogens is 2000 g/mol. The van der Waals surface area contributed by atoms with Gasteiger partial charge in [-0.2, -0.15) is 25.3 Å². The van der Waals surface area contributed by atoms with E-state index >= 15 is 0 Å². The number of aromatic nitrogens is 10. The maximum absolute atomic E-state index is 14.6. The molecule has 4 saturated heterocycles. The van der Waals surface area contributed by atoms with E-state index in [0.29, 0.717) is 133 Å². The number of piperidine rings is 1. The number of nitrogen functional groups attached to an aromatic ring is 1. The second kappa shape index (κ2) is 45.1. The number of rotatable bonds is 28. The van der Waals surface area contributed by atoms with Crippen molar-refractivity contribution in [1.29, 1.82) is 0 Å². The third kappa shape index (κ3) is 27.2. The van der Waals surface area contributed by atoms with Crippen molar-refractivity contribution in [3.63, 3.8) is 0 Å². The first-order valence-corrected chi connectivity index (χ1v) is 55.1. The lowest BCUT2D eigenvalue weighted by Gasteiger charge is -2.46. The van der Waals surface area contributed by atoms with Gasteiger partial charge in [0.05, 0.1) is 48.3 Å². The number of carbonyl (C=O) groups is 4. The average Bonchev–Trinajstić information content (AvgIpc) is 1.40. The Morgan fingerprint density at radius 1 is 0.500 bits per heavy atom. The monoisotopic (exact) mass is 2130 g/mol. The van der Waals surface area contributed by atoms with Gasteiger partial charge in [-0.3, -0.25) is 24.0 Å². The number of amides is 4. The molecule has 3 unspecified atom stereocenters. The van der Waals surface area contributed by atoms with E-state index in [1.54, 1.807) is 109 Å². The van der Waals surface area contributed by atoms with Gasteiger partial charge in [0.25, 0.3) is 69.3 Å². The summed E-state index contributed by atoms with van der Waals surface area (Å²) in [4.78, 5) is 108. The van der Waals surface area contributed by atoms with Crippen LogP contribution in [0.2, 0.25) is 0 Å². The summed E-state index contributed by atoms with van der Waals surface area (Å²) >= 11 is 0. The molecule has 0 radical (unpaired) electrons. The third-order valence-electron chi connectivity index (χ3n) is 26.0. The average molecular weight is 2130 g/mol. The summed E-state index contributed by atoms with van der Waals surface area (Å²) in [5.41, 5.74) is 7.89. The zero-order valence-corrected chi connectivity index (χ0v) is 90.4. The van der Waals surface area contributed by atoms with Crippen LogP contribution in [0.15, 0.2) is 232 Å². The number of anilines is 7. The molecule has 4 amide bonds.